The van der Waals surface area contributed by atoms with Crippen molar-refractivity contribution in [2.75, 3.05) is 0 Å². The Morgan fingerprint density at radius 2 is 1.60 bits per heavy atom. The third kappa shape index (κ3) is 22.7. The van der Waals surface area contributed by atoms with E-state index in [0.717, 1.165) is 0 Å². The van der Waals surface area contributed by atoms with Crippen molar-refractivity contribution in [1.82, 2.24) is 0 Å². The first-order chi connectivity index (χ1) is 1.41. The molecule has 5 heavy (non-hydrogen) atoms. The van der Waals surface area contributed by atoms with Gasteiger partial charge < -0.3 is 5.11 Å². The molecule has 0 unspecified atom stereocenters. The number of hydrogen-bond acceptors (Lipinski definition) is 1. The second-order valence-corrected chi connectivity index (χ2v) is 0.105. The molecule has 0 aromatic rings. The van der Waals surface area contributed by atoms with Crippen LogP contribution < -0.4 is 0 Å². The molecule has 1 N–H and O–H groups in total. The molecule has 0 fully saturated rings. The van der Waals surface area contributed by atoms with Crippen LogP contribution in [-0.4, -0.2) is 80.5 Å². The van der Waals surface area contributed by atoms with Crippen molar-refractivity contribution in [3.8, 4) is 0 Å². The van der Waals surface area contributed by atoms with Crippen LogP contribution in [0.1, 0.15) is 0 Å². The predicted molar refractivity (Wildman–Crippen MR) is 15.8 cm³/mol. The molecule has 0 atom stereocenters. The molecule has 0 aromatic carbocycles. The first-order valence-corrected chi connectivity index (χ1v) is 0.494. The zero-order chi connectivity index (χ0) is 2.71. The minimum Gasteiger partial charge on any atom is 0 e. The molecule has 0 aliphatic rings. The van der Waals surface area contributed by atoms with Gasteiger partial charge in [-0.15, -0.1) is 0 Å². The first-order valence-electron chi connectivity index (χ1n) is 0.494. The maximum atomic E-state index is 8.36. The van der Waals surface area contributed by atoms with Gasteiger partial charge in [0.1, 0.15) is 0 Å². The van der Waals surface area contributed by atoms with Crippen LogP contribution in [0.3, 0.4) is 0 Å². The summed E-state index contributed by atoms with van der Waals surface area (Å²) >= 11 is 0. The van der Waals surface area contributed by atoms with Gasteiger partial charge >= 0.3 is 68.9 Å². The maximum absolute atomic E-state index is 8.36. The van der Waals surface area contributed by atoms with Crippen LogP contribution in [0.5, 0.6) is 0 Å². The summed E-state index contributed by atoms with van der Waals surface area (Å²) in [7, 11) is 0. The van der Waals surface area contributed by atoms with Crippen molar-refractivity contribution in [1.29, 1.82) is 0 Å². The fourth-order valence-corrected chi connectivity index (χ4v) is 0. The molecule has 0 saturated carbocycles. The third-order valence-corrected chi connectivity index (χ3v) is 0. The SMILES string of the molecule is O=CO.[CsH].[Pd]. The van der Waals surface area contributed by atoms with Crippen LogP contribution in [0.4, 0.5) is 0 Å². The largest absolute Gasteiger partial charge is 0 e. The van der Waals surface area contributed by atoms with Crippen molar-refractivity contribution in [2.45, 2.75) is 0 Å². The molecule has 0 radical (unpaired) electrons. The number of carbonyl (C=O) groups is 1. The average molecular weight is 286 g/mol. The molecular weight excluding hydrogens is 283 g/mol. The van der Waals surface area contributed by atoms with E-state index in [9.17, 15) is 0 Å². The number of rotatable bonds is 0. The van der Waals surface area contributed by atoms with E-state index < -0.39 is 0 Å². The Morgan fingerprint density at radius 3 is 1.60 bits per heavy atom. The molecule has 0 saturated heterocycles. The molecule has 0 rings (SSSR count). The van der Waals surface area contributed by atoms with Crippen molar-refractivity contribution >= 4 is 75.4 Å². The van der Waals surface area contributed by atoms with Crippen LogP contribution in [-0.2, 0) is 25.2 Å². The van der Waals surface area contributed by atoms with Gasteiger partial charge in [-0.05, 0) is 0 Å². The molecule has 0 heterocycles. The molecular formula is CH3CsO2Pd. The fraction of sp³-hybridized carbons (Fsp3) is 0. The zero-order valence-corrected chi connectivity index (χ0v) is 3.30. The Kier molecular flexibility index (Phi) is 51.5. The van der Waals surface area contributed by atoms with E-state index in [0.29, 0.717) is 0 Å². The summed E-state index contributed by atoms with van der Waals surface area (Å²) < 4.78 is 0. The van der Waals surface area contributed by atoms with Gasteiger partial charge in [0.05, 0.1) is 0 Å². The van der Waals surface area contributed by atoms with Crippen LogP contribution in [0.15, 0.2) is 0 Å². The van der Waals surface area contributed by atoms with Crippen LogP contribution in [0.25, 0.3) is 0 Å². The molecule has 30 valence electrons. The van der Waals surface area contributed by atoms with Crippen molar-refractivity contribution in [2.24, 2.45) is 0 Å². The van der Waals surface area contributed by atoms with Crippen molar-refractivity contribution in [3.63, 3.8) is 0 Å². The van der Waals surface area contributed by atoms with Gasteiger partial charge in [-0.3, -0.25) is 4.79 Å². The van der Waals surface area contributed by atoms with E-state index in [1.807, 2.05) is 0 Å². The van der Waals surface area contributed by atoms with Gasteiger partial charge in [-0.2, -0.15) is 0 Å². The number of hydrogen-bond donors (Lipinski definition) is 1. The smallest absolute Gasteiger partial charge is 0 e. The van der Waals surface area contributed by atoms with Gasteiger partial charge in [0.15, 0.2) is 0 Å². The Hall–Kier alpha value is 2.18. The van der Waals surface area contributed by atoms with Gasteiger partial charge in [0.25, 0.3) is 6.47 Å². The Labute approximate surface area is 103 Å². The summed E-state index contributed by atoms with van der Waals surface area (Å²) in [6, 6.07) is 0. The molecule has 0 amide bonds. The standard InChI is InChI=1S/CH2O2.Cs.Pd.H/c2-1-3;;;/h1H,(H,2,3);;;. The van der Waals surface area contributed by atoms with E-state index in [-0.39, 0.29) is 95.8 Å². The van der Waals surface area contributed by atoms with Crippen molar-refractivity contribution < 1.29 is 30.3 Å². The zero-order valence-electron chi connectivity index (χ0n) is 1.75. The minimum absolute atomic E-state index is 0. The summed E-state index contributed by atoms with van der Waals surface area (Å²) in [5.74, 6) is 0. The monoisotopic (exact) mass is 286 g/mol. The van der Waals surface area contributed by atoms with E-state index in [1.165, 1.54) is 0 Å². The van der Waals surface area contributed by atoms with E-state index in [2.05, 4.69) is 0 Å². The molecule has 2 nitrogen and oxygen atoms in total. The third-order valence-electron chi connectivity index (χ3n) is 0. The fourth-order valence-electron chi connectivity index (χ4n) is 0. The summed E-state index contributed by atoms with van der Waals surface area (Å²) in [6.07, 6.45) is 0. The topological polar surface area (TPSA) is 37.3 Å². The van der Waals surface area contributed by atoms with E-state index >= 15 is 0 Å². The summed E-state index contributed by atoms with van der Waals surface area (Å²) in [5.41, 5.74) is 0. The molecule has 0 aliphatic heterocycles. The van der Waals surface area contributed by atoms with Crippen molar-refractivity contribution in [3.05, 3.63) is 0 Å². The summed E-state index contributed by atoms with van der Waals surface area (Å²) in [5, 5.41) is 6.89. The second-order valence-electron chi connectivity index (χ2n) is 0.105. The van der Waals surface area contributed by atoms with E-state index in [4.69, 9.17) is 9.90 Å². The quantitative estimate of drug-likeness (QED) is 0.460. The number of carboxylic acid groups (broad SMARTS) is 1. The van der Waals surface area contributed by atoms with Gasteiger partial charge in [0.2, 0.25) is 0 Å². The Bertz CT molecular complexity index is 17.1. The predicted octanol–water partition coefficient (Wildman–Crippen LogP) is -0.950. The normalized spacial score (nSPS) is 2.40. The second kappa shape index (κ2) is 16.4. The molecule has 0 bridgehead atoms. The molecule has 0 aromatic heterocycles. The van der Waals surface area contributed by atoms with E-state index in [1.54, 1.807) is 0 Å². The minimum atomic E-state index is -0.250. The van der Waals surface area contributed by atoms with Gasteiger partial charge in [0, 0.05) is 20.4 Å². The Morgan fingerprint density at radius 1 is 1.60 bits per heavy atom. The molecule has 0 spiro atoms. The van der Waals surface area contributed by atoms with Gasteiger partial charge in [-0.25, -0.2) is 0 Å². The summed E-state index contributed by atoms with van der Waals surface area (Å²) in [4.78, 5) is 8.36. The molecule has 4 heteroatoms. The maximum Gasteiger partial charge on any atom is 0 e. The van der Waals surface area contributed by atoms with Crippen LogP contribution in [0, 0.1) is 0 Å². The Balaban J connectivity index is -0.0000000200. The molecule has 0 aliphatic carbocycles. The average Bonchev–Trinajstić information content (AvgIpc) is 0.918. The van der Waals surface area contributed by atoms with Gasteiger partial charge in [-0.1, -0.05) is 0 Å². The van der Waals surface area contributed by atoms with Crippen LogP contribution >= 0.6 is 0 Å². The summed E-state index contributed by atoms with van der Waals surface area (Å²) in [6.45, 7) is -0.250. The first kappa shape index (κ1) is 15.7. The van der Waals surface area contributed by atoms with Crippen LogP contribution in [0.2, 0.25) is 0 Å².